The minimum absolute atomic E-state index is 0.506. The van der Waals surface area contributed by atoms with E-state index in [2.05, 4.69) is 17.9 Å². The monoisotopic (exact) mass is 222 g/mol. The smallest absolute Gasteiger partial charge is 0.121 e. The summed E-state index contributed by atoms with van der Waals surface area (Å²) in [5.74, 6) is 1.89. The van der Waals surface area contributed by atoms with Gasteiger partial charge in [0.15, 0.2) is 0 Å². The lowest BCUT2D eigenvalue weighted by atomic mass is 10.2. The summed E-state index contributed by atoms with van der Waals surface area (Å²) >= 11 is 0. The molecule has 16 heavy (non-hydrogen) atoms. The van der Waals surface area contributed by atoms with Gasteiger partial charge < -0.3 is 10.2 Å². The van der Waals surface area contributed by atoms with E-state index in [0.717, 1.165) is 18.2 Å². The molecular weight excluding hydrogens is 200 g/mol. The minimum Gasteiger partial charge on any atom is -0.468 e. The molecular formula is C13H22N2O. The highest BCUT2D eigenvalue weighted by molar-refractivity contribution is 5.16. The summed E-state index contributed by atoms with van der Waals surface area (Å²) in [6, 6.07) is 2.05. The first-order valence-electron chi connectivity index (χ1n) is 6.31. The zero-order chi connectivity index (χ0) is 11.4. The number of furan rings is 1. The minimum atomic E-state index is 0.506. The fourth-order valence-corrected chi connectivity index (χ4v) is 2.14. The molecule has 0 bridgehead atoms. The molecule has 0 radical (unpaired) electrons. The van der Waals surface area contributed by atoms with Gasteiger partial charge in [-0.2, -0.15) is 0 Å². The van der Waals surface area contributed by atoms with Crippen molar-refractivity contribution in [2.75, 3.05) is 13.1 Å². The van der Waals surface area contributed by atoms with E-state index in [0.29, 0.717) is 6.54 Å². The van der Waals surface area contributed by atoms with E-state index < -0.39 is 0 Å². The Morgan fingerprint density at radius 1 is 1.50 bits per heavy atom. The van der Waals surface area contributed by atoms with Gasteiger partial charge in [-0.25, -0.2) is 0 Å². The zero-order valence-electron chi connectivity index (χ0n) is 10.1. The maximum absolute atomic E-state index is 5.65. The molecule has 0 spiro atoms. The second kappa shape index (κ2) is 5.51. The van der Waals surface area contributed by atoms with Gasteiger partial charge in [0.25, 0.3) is 0 Å². The Bertz CT molecular complexity index is 317. The second-order valence-electron chi connectivity index (χ2n) is 4.75. The van der Waals surface area contributed by atoms with Crippen molar-refractivity contribution in [3.05, 3.63) is 23.7 Å². The highest BCUT2D eigenvalue weighted by Gasteiger charge is 2.24. The molecule has 1 fully saturated rings. The quantitative estimate of drug-likeness (QED) is 0.770. The van der Waals surface area contributed by atoms with Crippen LogP contribution in [0.1, 0.15) is 37.5 Å². The largest absolute Gasteiger partial charge is 0.468 e. The van der Waals surface area contributed by atoms with Crippen LogP contribution in [0.2, 0.25) is 0 Å². The Hall–Kier alpha value is -0.800. The summed E-state index contributed by atoms with van der Waals surface area (Å²) in [6.45, 7) is 6.15. The zero-order valence-corrected chi connectivity index (χ0v) is 10.1. The Kier molecular flexibility index (Phi) is 4.02. The molecule has 1 heterocycles. The molecule has 2 rings (SSSR count). The van der Waals surface area contributed by atoms with Crippen LogP contribution in [-0.4, -0.2) is 18.0 Å². The normalized spacial score (nSPS) is 15.9. The van der Waals surface area contributed by atoms with Crippen LogP contribution < -0.4 is 5.73 Å². The van der Waals surface area contributed by atoms with Gasteiger partial charge in [0.05, 0.1) is 12.8 Å². The van der Waals surface area contributed by atoms with Crippen LogP contribution in [0.25, 0.3) is 0 Å². The van der Waals surface area contributed by atoms with Gasteiger partial charge in [0, 0.05) is 18.7 Å². The molecule has 1 aliphatic rings. The molecule has 90 valence electrons. The molecule has 1 aromatic heterocycles. The predicted octanol–water partition coefficient (Wildman–Crippen LogP) is 2.36. The van der Waals surface area contributed by atoms with Gasteiger partial charge in [-0.1, -0.05) is 6.92 Å². The first kappa shape index (κ1) is 11.7. The second-order valence-corrected chi connectivity index (χ2v) is 4.75. The molecule has 3 heteroatoms. The number of rotatable bonds is 7. The van der Waals surface area contributed by atoms with Crippen LogP contribution in [0.15, 0.2) is 16.7 Å². The van der Waals surface area contributed by atoms with E-state index >= 15 is 0 Å². The molecule has 2 N–H and O–H groups in total. The maximum atomic E-state index is 5.65. The summed E-state index contributed by atoms with van der Waals surface area (Å²) in [5.41, 5.74) is 6.91. The van der Waals surface area contributed by atoms with Gasteiger partial charge in [0.1, 0.15) is 5.76 Å². The van der Waals surface area contributed by atoms with Gasteiger partial charge in [0.2, 0.25) is 0 Å². The van der Waals surface area contributed by atoms with Crippen LogP contribution in [0.5, 0.6) is 0 Å². The Balaban J connectivity index is 1.92. The lowest BCUT2D eigenvalue weighted by Crippen LogP contribution is -2.26. The molecule has 0 aliphatic heterocycles. The van der Waals surface area contributed by atoms with Crippen LogP contribution in [0.3, 0.4) is 0 Å². The summed E-state index contributed by atoms with van der Waals surface area (Å²) in [4.78, 5) is 2.53. The van der Waals surface area contributed by atoms with Crippen LogP contribution in [0.4, 0.5) is 0 Å². The van der Waals surface area contributed by atoms with Crippen LogP contribution >= 0.6 is 0 Å². The first-order chi connectivity index (χ1) is 7.83. The van der Waals surface area contributed by atoms with Crippen molar-refractivity contribution in [1.82, 2.24) is 4.90 Å². The van der Waals surface area contributed by atoms with E-state index in [-0.39, 0.29) is 0 Å². The van der Waals surface area contributed by atoms with E-state index in [1.807, 2.05) is 0 Å². The first-order valence-corrected chi connectivity index (χ1v) is 6.31. The van der Waals surface area contributed by atoms with Gasteiger partial charge >= 0.3 is 0 Å². The number of nitrogens with two attached hydrogens (primary N) is 1. The van der Waals surface area contributed by atoms with Gasteiger partial charge in [-0.05, 0) is 37.8 Å². The predicted molar refractivity (Wildman–Crippen MR) is 64.9 cm³/mol. The maximum Gasteiger partial charge on any atom is 0.121 e. The molecule has 1 aromatic rings. The summed E-state index contributed by atoms with van der Waals surface area (Å²) in [7, 11) is 0. The summed E-state index contributed by atoms with van der Waals surface area (Å²) < 4.78 is 5.36. The average molecular weight is 222 g/mol. The van der Waals surface area contributed by atoms with E-state index in [9.17, 15) is 0 Å². The molecule has 0 saturated heterocycles. The van der Waals surface area contributed by atoms with Crippen LogP contribution in [0, 0.1) is 5.92 Å². The Morgan fingerprint density at radius 2 is 2.31 bits per heavy atom. The Morgan fingerprint density at radius 3 is 2.94 bits per heavy atom. The van der Waals surface area contributed by atoms with Gasteiger partial charge in [-0.15, -0.1) is 0 Å². The third-order valence-electron chi connectivity index (χ3n) is 3.17. The van der Waals surface area contributed by atoms with Crippen LogP contribution in [-0.2, 0) is 13.1 Å². The SMILES string of the molecule is CCCN(Cc1ccoc1CN)CC1CC1. The number of hydrogen-bond donors (Lipinski definition) is 1. The van der Waals surface area contributed by atoms with Crippen molar-refractivity contribution >= 4 is 0 Å². The molecule has 1 saturated carbocycles. The van der Waals surface area contributed by atoms with Crippen molar-refractivity contribution in [2.45, 2.75) is 39.3 Å². The van der Waals surface area contributed by atoms with Crippen molar-refractivity contribution in [2.24, 2.45) is 11.7 Å². The van der Waals surface area contributed by atoms with Crippen molar-refractivity contribution in [3.63, 3.8) is 0 Å². The third-order valence-corrected chi connectivity index (χ3v) is 3.17. The van der Waals surface area contributed by atoms with Crippen molar-refractivity contribution in [1.29, 1.82) is 0 Å². The summed E-state index contributed by atoms with van der Waals surface area (Å²) in [6.07, 6.45) is 5.78. The average Bonchev–Trinajstić information content (AvgIpc) is 2.96. The molecule has 0 unspecified atom stereocenters. The lowest BCUT2D eigenvalue weighted by Gasteiger charge is -2.21. The molecule has 3 nitrogen and oxygen atoms in total. The third kappa shape index (κ3) is 3.09. The lowest BCUT2D eigenvalue weighted by molar-refractivity contribution is 0.253. The summed E-state index contributed by atoms with van der Waals surface area (Å²) in [5, 5.41) is 0. The number of nitrogens with zero attached hydrogens (tertiary/aromatic N) is 1. The topological polar surface area (TPSA) is 42.4 Å². The number of hydrogen-bond acceptors (Lipinski definition) is 3. The molecule has 0 amide bonds. The highest BCUT2D eigenvalue weighted by Crippen LogP contribution is 2.30. The Labute approximate surface area is 97.6 Å². The highest BCUT2D eigenvalue weighted by atomic mass is 16.3. The van der Waals surface area contributed by atoms with E-state index in [4.69, 9.17) is 10.2 Å². The fraction of sp³-hybridized carbons (Fsp3) is 0.692. The fourth-order valence-electron chi connectivity index (χ4n) is 2.14. The molecule has 0 aromatic carbocycles. The standard InChI is InChI=1S/C13H22N2O/c1-2-6-15(9-11-3-4-11)10-12-5-7-16-13(12)8-14/h5,7,11H,2-4,6,8-10,14H2,1H3. The van der Waals surface area contributed by atoms with Gasteiger partial charge in [-0.3, -0.25) is 4.90 Å². The van der Waals surface area contributed by atoms with Crippen molar-refractivity contribution in [3.8, 4) is 0 Å². The van der Waals surface area contributed by atoms with E-state index in [1.54, 1.807) is 6.26 Å². The molecule has 0 atom stereocenters. The molecule has 1 aliphatic carbocycles. The van der Waals surface area contributed by atoms with Crippen molar-refractivity contribution < 1.29 is 4.42 Å². The van der Waals surface area contributed by atoms with E-state index in [1.165, 1.54) is 37.9 Å².